The third kappa shape index (κ3) is 1.97. The molecule has 0 aromatic carbocycles. The molecule has 0 saturated carbocycles. The van der Waals surface area contributed by atoms with Crippen molar-refractivity contribution in [2.24, 2.45) is 0 Å². The summed E-state index contributed by atoms with van der Waals surface area (Å²) in [6.45, 7) is 2.02. The fraction of sp³-hybridized carbons (Fsp3) is 0.308. The summed E-state index contributed by atoms with van der Waals surface area (Å²) in [4.78, 5) is 30.4. The fourth-order valence-electron chi connectivity index (χ4n) is 2.65. The van der Waals surface area contributed by atoms with Gasteiger partial charge in [-0.25, -0.2) is 28.4 Å². The number of sulfone groups is 1. The molecule has 2 aliphatic rings. The summed E-state index contributed by atoms with van der Waals surface area (Å²) in [5.74, 6) is 0.384. The topological polar surface area (TPSA) is 106 Å². The predicted molar refractivity (Wildman–Crippen MR) is 75.6 cm³/mol. The molecule has 1 amide bonds. The number of carbonyl (C=O) groups is 1. The Kier molecular flexibility index (Phi) is 2.59. The van der Waals surface area contributed by atoms with Crippen LogP contribution >= 0.6 is 0 Å². The van der Waals surface area contributed by atoms with Gasteiger partial charge in [-0.1, -0.05) is 0 Å². The van der Waals surface area contributed by atoms with Gasteiger partial charge in [-0.3, -0.25) is 9.69 Å². The van der Waals surface area contributed by atoms with E-state index in [4.69, 9.17) is 0 Å². The van der Waals surface area contributed by atoms with Crippen LogP contribution in [0.2, 0.25) is 0 Å². The van der Waals surface area contributed by atoms with Crippen LogP contribution in [0, 0.1) is 6.92 Å². The van der Waals surface area contributed by atoms with Crippen LogP contribution in [-0.4, -0.2) is 34.3 Å². The maximum Gasteiger partial charge on any atom is 0.264 e. The lowest BCUT2D eigenvalue weighted by Gasteiger charge is -2.13. The van der Waals surface area contributed by atoms with E-state index in [9.17, 15) is 13.2 Å². The molecule has 112 valence electrons. The van der Waals surface area contributed by atoms with E-state index in [0.29, 0.717) is 28.3 Å². The van der Waals surface area contributed by atoms with Crippen LogP contribution in [0.25, 0.3) is 0 Å². The van der Waals surface area contributed by atoms with Crippen molar-refractivity contribution in [3.63, 3.8) is 0 Å². The van der Waals surface area contributed by atoms with E-state index < -0.39 is 9.84 Å². The summed E-state index contributed by atoms with van der Waals surface area (Å²) in [6.07, 6.45) is 2.98. The van der Waals surface area contributed by atoms with Crippen LogP contribution in [0.4, 0.5) is 5.95 Å². The van der Waals surface area contributed by atoms with Crippen molar-refractivity contribution < 1.29 is 13.2 Å². The second kappa shape index (κ2) is 4.29. The van der Waals surface area contributed by atoms with E-state index in [2.05, 4.69) is 19.9 Å². The number of hydrogen-bond acceptors (Lipinski definition) is 7. The van der Waals surface area contributed by atoms with Crippen LogP contribution in [0.1, 0.15) is 33.1 Å². The predicted octanol–water partition coefficient (Wildman–Crippen LogP) is 0.164. The van der Waals surface area contributed by atoms with E-state index in [0.717, 1.165) is 0 Å². The molecule has 0 bridgehead atoms. The number of nitrogens with zero attached hydrogens (tertiary/aromatic N) is 5. The second-order valence-corrected chi connectivity index (χ2v) is 7.41. The van der Waals surface area contributed by atoms with E-state index in [-0.39, 0.29) is 29.9 Å². The molecule has 2 aromatic heterocycles. The first-order valence-corrected chi connectivity index (χ1v) is 8.45. The normalized spacial score (nSPS) is 18.4. The number of carbonyl (C=O) groups excluding carboxylic acids is 1. The van der Waals surface area contributed by atoms with Crippen LogP contribution in [0.15, 0.2) is 12.4 Å². The third-order valence-electron chi connectivity index (χ3n) is 3.69. The first-order valence-electron chi connectivity index (χ1n) is 6.62. The Morgan fingerprint density at radius 2 is 1.91 bits per heavy atom. The highest BCUT2D eigenvalue weighted by molar-refractivity contribution is 7.90. The van der Waals surface area contributed by atoms with E-state index >= 15 is 0 Å². The van der Waals surface area contributed by atoms with Gasteiger partial charge in [0.1, 0.15) is 5.82 Å². The van der Waals surface area contributed by atoms with Crippen LogP contribution in [0.3, 0.4) is 0 Å². The maximum absolute atomic E-state index is 12.4. The van der Waals surface area contributed by atoms with Gasteiger partial charge in [0.15, 0.2) is 9.84 Å². The number of amides is 1. The van der Waals surface area contributed by atoms with Crippen molar-refractivity contribution >= 4 is 21.7 Å². The van der Waals surface area contributed by atoms with Crippen molar-refractivity contribution in [2.75, 3.05) is 4.90 Å². The number of aromatic nitrogens is 4. The molecule has 0 fully saturated rings. The standard InChI is InChI=1S/C13H11N5O3S/c1-7-14-3-9-10(16-7)4-18(12(9)19)13-15-2-8-5-22(20,21)6-11(8)17-13/h2-3H,4-6H2,1H3. The Morgan fingerprint density at radius 1 is 1.09 bits per heavy atom. The molecular formula is C13H11N5O3S. The molecule has 2 aliphatic heterocycles. The highest BCUT2D eigenvalue weighted by Crippen LogP contribution is 2.28. The van der Waals surface area contributed by atoms with Gasteiger partial charge in [-0.15, -0.1) is 0 Å². The van der Waals surface area contributed by atoms with E-state index in [1.165, 1.54) is 17.3 Å². The Balaban J connectivity index is 1.72. The average molecular weight is 317 g/mol. The summed E-state index contributed by atoms with van der Waals surface area (Å²) in [5, 5.41) is 0. The Labute approximate surface area is 126 Å². The van der Waals surface area contributed by atoms with Crippen LogP contribution in [-0.2, 0) is 27.9 Å². The van der Waals surface area contributed by atoms with Crippen molar-refractivity contribution in [1.29, 1.82) is 0 Å². The van der Waals surface area contributed by atoms with Gasteiger partial charge in [-0.2, -0.15) is 0 Å². The van der Waals surface area contributed by atoms with Gasteiger partial charge in [0.05, 0.1) is 35.0 Å². The molecule has 0 radical (unpaired) electrons. The molecule has 0 aliphatic carbocycles. The quantitative estimate of drug-likeness (QED) is 0.737. The van der Waals surface area contributed by atoms with Gasteiger partial charge < -0.3 is 0 Å². The second-order valence-electron chi connectivity index (χ2n) is 5.34. The number of hydrogen-bond donors (Lipinski definition) is 0. The lowest BCUT2D eigenvalue weighted by molar-refractivity contribution is 0.0995. The lowest BCUT2D eigenvalue weighted by atomic mass is 10.3. The highest BCUT2D eigenvalue weighted by Gasteiger charge is 2.34. The third-order valence-corrected chi connectivity index (χ3v) is 5.15. The summed E-state index contributed by atoms with van der Waals surface area (Å²) in [5.41, 5.74) is 2.14. The summed E-state index contributed by atoms with van der Waals surface area (Å²) in [6, 6.07) is 0. The zero-order valence-corrected chi connectivity index (χ0v) is 12.5. The maximum atomic E-state index is 12.4. The SMILES string of the molecule is Cc1ncc2c(n1)CN(c1ncc3c(n1)CS(=O)(=O)C3)C2=O. The molecule has 4 rings (SSSR count). The largest absolute Gasteiger partial charge is 0.270 e. The van der Waals surface area contributed by atoms with Crippen molar-refractivity contribution in [3.8, 4) is 0 Å². The summed E-state index contributed by atoms with van der Waals surface area (Å²) < 4.78 is 23.3. The molecule has 2 aromatic rings. The zero-order valence-electron chi connectivity index (χ0n) is 11.6. The summed E-state index contributed by atoms with van der Waals surface area (Å²) in [7, 11) is -3.15. The molecule has 0 unspecified atom stereocenters. The molecular weight excluding hydrogens is 306 g/mol. The molecule has 8 nitrogen and oxygen atoms in total. The minimum absolute atomic E-state index is 0.0402. The van der Waals surface area contributed by atoms with Crippen LogP contribution in [0.5, 0.6) is 0 Å². The van der Waals surface area contributed by atoms with Crippen molar-refractivity contribution in [3.05, 3.63) is 40.7 Å². The lowest BCUT2D eigenvalue weighted by Crippen LogP contribution is -2.25. The summed E-state index contributed by atoms with van der Waals surface area (Å²) >= 11 is 0. The van der Waals surface area contributed by atoms with Gasteiger partial charge >= 0.3 is 0 Å². The Morgan fingerprint density at radius 3 is 2.73 bits per heavy atom. The van der Waals surface area contributed by atoms with Gasteiger partial charge in [0.25, 0.3) is 5.91 Å². The van der Waals surface area contributed by atoms with E-state index in [1.807, 2.05) is 0 Å². The van der Waals surface area contributed by atoms with Gasteiger partial charge in [0.2, 0.25) is 5.95 Å². The molecule has 4 heterocycles. The number of aryl methyl sites for hydroxylation is 1. The van der Waals surface area contributed by atoms with Crippen molar-refractivity contribution in [2.45, 2.75) is 25.0 Å². The Hall–Kier alpha value is -2.42. The molecule has 0 N–H and O–H groups in total. The molecule has 0 spiro atoms. The Bertz CT molecular complexity index is 925. The molecule has 0 atom stereocenters. The fourth-order valence-corrected chi connectivity index (χ4v) is 4.13. The van der Waals surface area contributed by atoms with E-state index in [1.54, 1.807) is 6.92 Å². The van der Waals surface area contributed by atoms with Crippen LogP contribution < -0.4 is 4.90 Å². The van der Waals surface area contributed by atoms with Crippen molar-refractivity contribution in [1.82, 2.24) is 19.9 Å². The number of anilines is 1. The smallest absolute Gasteiger partial charge is 0.264 e. The number of rotatable bonds is 1. The molecule has 0 saturated heterocycles. The number of fused-ring (bicyclic) bond motifs is 2. The highest BCUT2D eigenvalue weighted by atomic mass is 32.2. The van der Waals surface area contributed by atoms with Gasteiger partial charge in [-0.05, 0) is 6.92 Å². The zero-order chi connectivity index (χ0) is 15.5. The monoisotopic (exact) mass is 317 g/mol. The molecule has 9 heteroatoms. The minimum Gasteiger partial charge on any atom is -0.270 e. The average Bonchev–Trinajstić information content (AvgIpc) is 2.93. The first-order chi connectivity index (χ1) is 10.4. The molecule has 22 heavy (non-hydrogen) atoms. The first kappa shape index (κ1) is 13.3. The minimum atomic E-state index is -3.15. The van der Waals surface area contributed by atoms with Gasteiger partial charge in [0, 0.05) is 18.0 Å².